The van der Waals surface area contributed by atoms with Gasteiger partial charge in [-0.1, -0.05) is 12.1 Å². The summed E-state index contributed by atoms with van der Waals surface area (Å²) >= 11 is 0. The number of para-hydroxylation sites is 1. The highest BCUT2D eigenvalue weighted by Crippen LogP contribution is 2.20. The number of pyridine rings is 1. The lowest BCUT2D eigenvalue weighted by atomic mass is 10.2. The van der Waals surface area contributed by atoms with Crippen molar-refractivity contribution in [2.75, 3.05) is 10.6 Å². The maximum absolute atomic E-state index is 13.6. The van der Waals surface area contributed by atoms with Gasteiger partial charge in [0.05, 0.1) is 22.5 Å². The molecule has 0 saturated carbocycles. The predicted octanol–water partition coefficient (Wildman–Crippen LogP) is 4.23. The molecule has 0 aliphatic rings. The average molecular weight is 350 g/mol. The van der Waals surface area contributed by atoms with Gasteiger partial charge in [0.2, 0.25) is 0 Å². The maximum Gasteiger partial charge on any atom is 0.257 e. The van der Waals surface area contributed by atoms with E-state index in [2.05, 4.69) is 15.6 Å². The van der Waals surface area contributed by atoms with Crippen molar-refractivity contribution in [1.82, 2.24) is 4.98 Å². The third-order valence-corrected chi connectivity index (χ3v) is 3.52. The van der Waals surface area contributed by atoms with Crippen molar-refractivity contribution < 1.29 is 13.6 Å². The van der Waals surface area contributed by atoms with E-state index >= 15 is 0 Å². The Hall–Kier alpha value is -3.79. The van der Waals surface area contributed by atoms with Crippen LogP contribution in [0.3, 0.4) is 0 Å². The third-order valence-electron chi connectivity index (χ3n) is 3.52. The van der Waals surface area contributed by atoms with Gasteiger partial charge in [-0.15, -0.1) is 0 Å². The van der Waals surface area contributed by atoms with Crippen LogP contribution in [0.25, 0.3) is 0 Å². The number of nitrogens with zero attached hydrogens (tertiary/aromatic N) is 2. The van der Waals surface area contributed by atoms with Gasteiger partial charge in [-0.2, -0.15) is 5.26 Å². The van der Waals surface area contributed by atoms with Crippen molar-refractivity contribution in [3.05, 3.63) is 83.6 Å². The predicted molar refractivity (Wildman–Crippen MR) is 93.0 cm³/mol. The molecule has 1 heterocycles. The Balaban J connectivity index is 1.73. The average Bonchev–Trinajstić information content (AvgIpc) is 2.65. The van der Waals surface area contributed by atoms with Crippen LogP contribution in [0, 0.1) is 23.0 Å². The van der Waals surface area contributed by atoms with E-state index in [0.29, 0.717) is 17.1 Å². The molecule has 0 saturated heterocycles. The van der Waals surface area contributed by atoms with E-state index in [-0.39, 0.29) is 11.3 Å². The second kappa shape index (κ2) is 7.40. The van der Waals surface area contributed by atoms with Gasteiger partial charge in [-0.3, -0.25) is 4.79 Å². The van der Waals surface area contributed by atoms with E-state index in [9.17, 15) is 13.6 Å². The zero-order valence-electron chi connectivity index (χ0n) is 13.3. The summed E-state index contributed by atoms with van der Waals surface area (Å²) < 4.78 is 26.5. The molecule has 1 amide bonds. The topological polar surface area (TPSA) is 77.8 Å². The van der Waals surface area contributed by atoms with E-state index in [1.807, 2.05) is 6.07 Å². The quantitative estimate of drug-likeness (QED) is 0.738. The van der Waals surface area contributed by atoms with Crippen LogP contribution in [0.4, 0.5) is 26.0 Å². The van der Waals surface area contributed by atoms with Crippen LogP contribution in [-0.4, -0.2) is 10.9 Å². The first-order valence-electron chi connectivity index (χ1n) is 7.55. The zero-order chi connectivity index (χ0) is 18.5. The highest BCUT2D eigenvalue weighted by atomic mass is 19.1. The fourth-order valence-electron chi connectivity index (χ4n) is 2.22. The number of anilines is 3. The Morgan fingerprint density at radius 3 is 2.54 bits per heavy atom. The van der Waals surface area contributed by atoms with E-state index < -0.39 is 17.5 Å². The minimum absolute atomic E-state index is 0.0686. The fraction of sp³-hybridized carbons (Fsp3) is 0. The first kappa shape index (κ1) is 17.0. The van der Waals surface area contributed by atoms with E-state index in [1.54, 1.807) is 24.3 Å². The van der Waals surface area contributed by atoms with Crippen molar-refractivity contribution in [2.45, 2.75) is 0 Å². The second-order valence-electron chi connectivity index (χ2n) is 5.29. The lowest BCUT2D eigenvalue weighted by Crippen LogP contribution is -2.13. The minimum atomic E-state index is -0.748. The molecule has 0 fully saturated rings. The number of hydrogen-bond donors (Lipinski definition) is 2. The molecule has 2 aromatic carbocycles. The maximum atomic E-state index is 13.6. The van der Waals surface area contributed by atoms with Crippen LogP contribution < -0.4 is 10.6 Å². The summed E-state index contributed by atoms with van der Waals surface area (Å²) in [6.45, 7) is 0. The van der Waals surface area contributed by atoms with Gasteiger partial charge >= 0.3 is 0 Å². The number of carbonyl (C=O) groups is 1. The highest BCUT2D eigenvalue weighted by Gasteiger charge is 2.10. The Kier molecular flexibility index (Phi) is 4.85. The molecule has 0 radical (unpaired) electrons. The normalized spacial score (nSPS) is 10.0. The van der Waals surface area contributed by atoms with E-state index in [0.717, 1.165) is 12.1 Å². The lowest BCUT2D eigenvalue weighted by molar-refractivity contribution is 0.102. The smallest absolute Gasteiger partial charge is 0.257 e. The summed E-state index contributed by atoms with van der Waals surface area (Å²) in [5.74, 6) is -1.56. The standard InChI is InChI=1S/C19H12F2N4O/c20-14-6-7-17(15(21)9-14)24-18-8-5-13(11-23-18)19(26)25-16-4-2-1-3-12(16)10-22/h1-9,11H,(H,23,24)(H,25,26). The van der Waals surface area contributed by atoms with Gasteiger partial charge in [0.1, 0.15) is 23.5 Å². The van der Waals surface area contributed by atoms with Gasteiger partial charge < -0.3 is 10.6 Å². The summed E-state index contributed by atoms with van der Waals surface area (Å²) in [6, 6.07) is 14.8. The monoisotopic (exact) mass is 350 g/mol. The molecule has 26 heavy (non-hydrogen) atoms. The molecular weight excluding hydrogens is 338 g/mol. The van der Waals surface area contributed by atoms with Crippen LogP contribution in [0.15, 0.2) is 60.8 Å². The van der Waals surface area contributed by atoms with Crippen LogP contribution >= 0.6 is 0 Å². The zero-order valence-corrected chi connectivity index (χ0v) is 13.3. The number of halogens is 2. The van der Waals surface area contributed by atoms with Crippen LogP contribution in [0.1, 0.15) is 15.9 Å². The molecule has 0 atom stereocenters. The van der Waals surface area contributed by atoms with Crippen LogP contribution in [0.2, 0.25) is 0 Å². The number of rotatable bonds is 4. The van der Waals surface area contributed by atoms with Crippen molar-refractivity contribution in [2.24, 2.45) is 0 Å². The molecule has 0 bridgehead atoms. The van der Waals surface area contributed by atoms with E-state index in [4.69, 9.17) is 5.26 Å². The van der Waals surface area contributed by atoms with Crippen LogP contribution in [0.5, 0.6) is 0 Å². The van der Waals surface area contributed by atoms with E-state index in [1.165, 1.54) is 24.4 Å². The van der Waals surface area contributed by atoms with Crippen molar-refractivity contribution in [3.63, 3.8) is 0 Å². The minimum Gasteiger partial charge on any atom is -0.338 e. The molecule has 0 spiro atoms. The van der Waals surface area contributed by atoms with Crippen molar-refractivity contribution >= 4 is 23.1 Å². The summed E-state index contributed by atoms with van der Waals surface area (Å²) in [4.78, 5) is 16.3. The molecular formula is C19H12F2N4O. The Morgan fingerprint density at radius 1 is 1.04 bits per heavy atom. The molecule has 7 heteroatoms. The first-order valence-corrected chi connectivity index (χ1v) is 7.55. The van der Waals surface area contributed by atoms with Crippen LogP contribution in [-0.2, 0) is 0 Å². The molecule has 0 unspecified atom stereocenters. The van der Waals surface area contributed by atoms with Gasteiger partial charge in [0.25, 0.3) is 5.91 Å². The number of aromatic nitrogens is 1. The summed E-state index contributed by atoms with van der Waals surface area (Å²) in [7, 11) is 0. The number of nitrogens with one attached hydrogen (secondary N) is 2. The van der Waals surface area contributed by atoms with Crippen molar-refractivity contribution in [3.8, 4) is 6.07 Å². The second-order valence-corrected chi connectivity index (χ2v) is 5.29. The molecule has 2 N–H and O–H groups in total. The third kappa shape index (κ3) is 3.82. The molecule has 5 nitrogen and oxygen atoms in total. The summed E-state index contributed by atoms with van der Waals surface area (Å²) in [6.07, 6.45) is 1.31. The molecule has 0 aliphatic carbocycles. The highest BCUT2D eigenvalue weighted by molar-refractivity contribution is 6.04. The molecule has 128 valence electrons. The Labute approximate surface area is 147 Å². The number of amides is 1. The molecule has 0 aliphatic heterocycles. The lowest BCUT2D eigenvalue weighted by Gasteiger charge is -2.09. The Bertz CT molecular complexity index is 997. The largest absolute Gasteiger partial charge is 0.338 e. The van der Waals surface area contributed by atoms with Crippen molar-refractivity contribution in [1.29, 1.82) is 5.26 Å². The number of benzene rings is 2. The Morgan fingerprint density at radius 2 is 1.85 bits per heavy atom. The first-order chi connectivity index (χ1) is 12.6. The van der Waals surface area contributed by atoms with Gasteiger partial charge in [0, 0.05) is 12.3 Å². The summed E-state index contributed by atoms with van der Waals surface area (Å²) in [5, 5.41) is 14.4. The number of carbonyl (C=O) groups excluding carboxylic acids is 1. The molecule has 3 rings (SSSR count). The summed E-state index contributed by atoms with van der Waals surface area (Å²) in [5.41, 5.74) is 1.08. The number of hydrogen-bond acceptors (Lipinski definition) is 4. The SMILES string of the molecule is N#Cc1ccccc1NC(=O)c1ccc(Nc2ccc(F)cc2F)nc1. The molecule has 3 aromatic rings. The van der Waals surface area contributed by atoms with Gasteiger partial charge in [-0.25, -0.2) is 13.8 Å². The van der Waals surface area contributed by atoms with Gasteiger partial charge in [0.15, 0.2) is 0 Å². The fourth-order valence-corrected chi connectivity index (χ4v) is 2.22. The number of nitriles is 1. The molecule has 1 aromatic heterocycles. The van der Waals surface area contributed by atoms with Gasteiger partial charge in [-0.05, 0) is 36.4 Å².